The summed E-state index contributed by atoms with van der Waals surface area (Å²) in [6.45, 7) is 0.541. The van der Waals surface area contributed by atoms with E-state index in [9.17, 15) is 9.59 Å². The monoisotopic (exact) mass is 338 g/mol. The Kier molecular flexibility index (Phi) is 4.89. The molecule has 0 radical (unpaired) electrons. The topological polar surface area (TPSA) is 93.8 Å². The van der Waals surface area contributed by atoms with Crippen molar-refractivity contribution >= 4 is 11.7 Å². The van der Waals surface area contributed by atoms with Gasteiger partial charge in [-0.05, 0) is 24.3 Å². The molecule has 0 unspecified atom stereocenters. The number of para-hydroxylation sites is 1. The summed E-state index contributed by atoms with van der Waals surface area (Å²) in [6, 6.07) is 14.2. The minimum absolute atomic E-state index is 0.258. The van der Waals surface area contributed by atoms with Gasteiger partial charge in [0.25, 0.3) is 0 Å². The van der Waals surface area contributed by atoms with E-state index in [1.165, 1.54) is 9.25 Å². The van der Waals surface area contributed by atoms with Gasteiger partial charge in [-0.15, -0.1) is 5.10 Å². The zero-order valence-electron chi connectivity index (χ0n) is 13.7. The number of urea groups is 1. The number of amides is 2. The molecule has 0 bridgehead atoms. The first-order chi connectivity index (χ1) is 12.1. The van der Waals surface area contributed by atoms with Gasteiger partial charge in [-0.2, -0.15) is 0 Å². The second-order valence-corrected chi connectivity index (χ2v) is 5.35. The minimum atomic E-state index is -0.333. The number of aromatic nitrogens is 4. The van der Waals surface area contributed by atoms with Crippen LogP contribution in [0.25, 0.3) is 11.5 Å². The highest BCUT2D eigenvalue weighted by molar-refractivity contribution is 5.89. The Morgan fingerprint density at radius 1 is 1.12 bits per heavy atom. The van der Waals surface area contributed by atoms with Gasteiger partial charge in [0.1, 0.15) is 5.69 Å². The zero-order valence-corrected chi connectivity index (χ0v) is 13.7. The maximum Gasteiger partial charge on any atom is 0.346 e. The summed E-state index contributed by atoms with van der Waals surface area (Å²) >= 11 is 0. The molecule has 0 atom stereocenters. The van der Waals surface area contributed by atoms with Crippen LogP contribution in [0.5, 0.6) is 0 Å². The van der Waals surface area contributed by atoms with E-state index < -0.39 is 0 Å². The average Bonchev–Trinajstić information content (AvgIpc) is 2.92. The molecule has 0 saturated carbocycles. The predicted octanol–water partition coefficient (Wildman–Crippen LogP) is 1.47. The van der Waals surface area contributed by atoms with E-state index in [1.807, 2.05) is 24.3 Å². The predicted molar refractivity (Wildman–Crippen MR) is 94.2 cm³/mol. The third-order valence-electron chi connectivity index (χ3n) is 3.58. The Bertz CT molecular complexity index is 902. The molecule has 128 valence electrons. The number of hydrogen-bond acceptors (Lipinski definition) is 4. The van der Waals surface area contributed by atoms with Crippen LogP contribution in [0.1, 0.15) is 0 Å². The Labute approximate surface area is 144 Å². The summed E-state index contributed by atoms with van der Waals surface area (Å²) in [5.41, 5.74) is 1.06. The summed E-state index contributed by atoms with van der Waals surface area (Å²) in [4.78, 5) is 28.3. The Morgan fingerprint density at radius 2 is 1.88 bits per heavy atom. The van der Waals surface area contributed by atoms with Gasteiger partial charge in [-0.1, -0.05) is 24.3 Å². The van der Waals surface area contributed by atoms with Crippen LogP contribution < -0.4 is 16.3 Å². The second kappa shape index (κ2) is 7.43. The fourth-order valence-corrected chi connectivity index (χ4v) is 2.32. The quantitative estimate of drug-likeness (QED) is 0.736. The van der Waals surface area contributed by atoms with Gasteiger partial charge < -0.3 is 10.6 Å². The number of hydrogen-bond donors (Lipinski definition) is 2. The van der Waals surface area contributed by atoms with Crippen LogP contribution >= 0.6 is 0 Å². The smallest absolute Gasteiger partial charge is 0.336 e. The van der Waals surface area contributed by atoms with E-state index in [-0.39, 0.29) is 24.8 Å². The highest BCUT2D eigenvalue weighted by Crippen LogP contribution is 2.10. The van der Waals surface area contributed by atoms with Crippen LogP contribution in [-0.4, -0.2) is 31.9 Å². The number of nitrogens with one attached hydrogen (secondary N) is 2. The maximum absolute atomic E-state index is 12.2. The highest BCUT2D eigenvalue weighted by atomic mass is 16.2. The number of carbonyl (C=O) groups excluding carboxylic acids is 1. The van der Waals surface area contributed by atoms with E-state index >= 15 is 0 Å². The number of rotatable bonds is 5. The standard InChI is InChI=1S/C17H18N6O2/c1-22-15(14-9-5-6-10-18-14)21-23(17(22)25)12-11-19-16(24)20-13-7-3-2-4-8-13/h2-10H,11-12H2,1H3,(H2,19,20,24). The number of nitrogens with zero attached hydrogens (tertiary/aromatic N) is 4. The number of benzene rings is 1. The van der Waals surface area contributed by atoms with Crippen LogP contribution in [0.3, 0.4) is 0 Å². The molecule has 0 aliphatic rings. The summed E-state index contributed by atoms with van der Waals surface area (Å²) < 4.78 is 2.75. The van der Waals surface area contributed by atoms with Gasteiger partial charge in [-0.25, -0.2) is 14.3 Å². The van der Waals surface area contributed by atoms with Crippen molar-refractivity contribution in [2.24, 2.45) is 7.05 Å². The first-order valence-electron chi connectivity index (χ1n) is 7.80. The van der Waals surface area contributed by atoms with Crippen molar-refractivity contribution in [1.82, 2.24) is 24.6 Å². The van der Waals surface area contributed by atoms with Crippen molar-refractivity contribution in [3.8, 4) is 11.5 Å². The fraction of sp³-hybridized carbons (Fsp3) is 0.176. The molecule has 0 fully saturated rings. The molecule has 3 rings (SSSR count). The number of pyridine rings is 1. The molecule has 2 aromatic heterocycles. The molecule has 0 spiro atoms. The fourth-order valence-electron chi connectivity index (χ4n) is 2.32. The normalized spacial score (nSPS) is 10.4. The van der Waals surface area contributed by atoms with E-state index in [0.717, 1.165) is 0 Å². The van der Waals surface area contributed by atoms with Crippen LogP contribution in [0.2, 0.25) is 0 Å². The minimum Gasteiger partial charge on any atom is -0.336 e. The molecular weight excluding hydrogens is 320 g/mol. The van der Waals surface area contributed by atoms with Gasteiger partial charge in [0.2, 0.25) is 0 Å². The van der Waals surface area contributed by atoms with Gasteiger partial charge >= 0.3 is 11.7 Å². The Balaban J connectivity index is 1.60. The van der Waals surface area contributed by atoms with Gasteiger partial charge in [0.15, 0.2) is 5.82 Å². The highest BCUT2D eigenvalue weighted by Gasteiger charge is 2.12. The summed E-state index contributed by atoms with van der Waals surface area (Å²) in [5.74, 6) is 0.485. The lowest BCUT2D eigenvalue weighted by molar-refractivity contribution is 0.251. The summed E-state index contributed by atoms with van der Waals surface area (Å²) in [6.07, 6.45) is 1.65. The van der Waals surface area contributed by atoms with Gasteiger partial charge in [0, 0.05) is 25.5 Å². The molecule has 2 heterocycles. The largest absolute Gasteiger partial charge is 0.346 e. The molecule has 0 saturated heterocycles. The van der Waals surface area contributed by atoms with Crippen molar-refractivity contribution in [2.75, 3.05) is 11.9 Å². The van der Waals surface area contributed by atoms with E-state index in [1.54, 1.807) is 37.5 Å². The first-order valence-corrected chi connectivity index (χ1v) is 7.80. The molecule has 1 aromatic carbocycles. The van der Waals surface area contributed by atoms with Crippen LogP contribution in [-0.2, 0) is 13.6 Å². The molecule has 2 N–H and O–H groups in total. The van der Waals surface area contributed by atoms with Crippen LogP contribution in [0, 0.1) is 0 Å². The SMILES string of the molecule is Cn1c(-c2ccccn2)nn(CCNC(=O)Nc2ccccc2)c1=O. The molecule has 8 nitrogen and oxygen atoms in total. The summed E-state index contributed by atoms with van der Waals surface area (Å²) in [5, 5.41) is 9.71. The van der Waals surface area contributed by atoms with E-state index in [0.29, 0.717) is 17.2 Å². The van der Waals surface area contributed by atoms with Crippen molar-refractivity contribution in [2.45, 2.75) is 6.54 Å². The molecule has 0 aliphatic heterocycles. The average molecular weight is 338 g/mol. The van der Waals surface area contributed by atoms with Crippen molar-refractivity contribution in [1.29, 1.82) is 0 Å². The third-order valence-corrected chi connectivity index (χ3v) is 3.58. The first kappa shape index (κ1) is 16.4. The van der Waals surface area contributed by atoms with Crippen molar-refractivity contribution in [3.05, 3.63) is 65.2 Å². The molecule has 2 amide bonds. The van der Waals surface area contributed by atoms with Crippen LogP contribution in [0.4, 0.5) is 10.5 Å². The van der Waals surface area contributed by atoms with Crippen LogP contribution in [0.15, 0.2) is 59.5 Å². The lowest BCUT2D eigenvalue weighted by Gasteiger charge is -2.07. The third kappa shape index (κ3) is 3.92. The molecule has 25 heavy (non-hydrogen) atoms. The van der Waals surface area contributed by atoms with Gasteiger partial charge in [-0.3, -0.25) is 9.55 Å². The molecule has 8 heteroatoms. The Hall–Kier alpha value is -3.42. The van der Waals surface area contributed by atoms with Gasteiger partial charge in [0.05, 0.1) is 6.54 Å². The number of carbonyl (C=O) groups is 1. The molecular formula is C17H18N6O2. The van der Waals surface area contributed by atoms with E-state index in [4.69, 9.17) is 0 Å². The van der Waals surface area contributed by atoms with E-state index in [2.05, 4.69) is 20.7 Å². The van der Waals surface area contributed by atoms with Crippen molar-refractivity contribution in [3.63, 3.8) is 0 Å². The Morgan fingerprint density at radius 3 is 2.60 bits per heavy atom. The lowest BCUT2D eigenvalue weighted by atomic mass is 10.3. The van der Waals surface area contributed by atoms with Crippen molar-refractivity contribution < 1.29 is 4.79 Å². The molecule has 0 aliphatic carbocycles. The lowest BCUT2D eigenvalue weighted by Crippen LogP contribution is -2.34. The molecule has 3 aromatic rings. The number of anilines is 1. The summed E-state index contributed by atoms with van der Waals surface area (Å²) in [7, 11) is 1.64. The second-order valence-electron chi connectivity index (χ2n) is 5.35. The maximum atomic E-state index is 12.2. The zero-order chi connectivity index (χ0) is 17.6.